The molecule has 1 fully saturated rings. The van der Waals surface area contributed by atoms with E-state index >= 15 is 0 Å². The van der Waals surface area contributed by atoms with Crippen molar-refractivity contribution in [1.82, 2.24) is 0 Å². The van der Waals surface area contributed by atoms with Gasteiger partial charge in [-0.3, -0.25) is 0 Å². The molecule has 2 rings (SSSR count). The Labute approximate surface area is 98.4 Å². The Hall–Kier alpha value is -1.01. The SMILES string of the molecule is N#CC1(CNc2ccc(Br)cc2)CCC1. The average molecular weight is 265 g/mol. The predicted octanol–water partition coefficient (Wildman–Crippen LogP) is 3.55. The van der Waals surface area contributed by atoms with Crippen LogP contribution >= 0.6 is 15.9 Å². The number of nitrogens with one attached hydrogen (secondary N) is 1. The van der Waals surface area contributed by atoms with Gasteiger partial charge in [0.1, 0.15) is 0 Å². The van der Waals surface area contributed by atoms with Crippen LogP contribution in [0.4, 0.5) is 5.69 Å². The molecule has 0 radical (unpaired) electrons. The van der Waals surface area contributed by atoms with Crippen LogP contribution in [0.5, 0.6) is 0 Å². The molecule has 15 heavy (non-hydrogen) atoms. The van der Waals surface area contributed by atoms with Gasteiger partial charge in [-0.25, -0.2) is 0 Å². The number of hydrogen-bond donors (Lipinski definition) is 1. The highest BCUT2D eigenvalue weighted by molar-refractivity contribution is 9.10. The first kappa shape index (κ1) is 10.5. The van der Waals surface area contributed by atoms with Crippen molar-refractivity contribution in [3.05, 3.63) is 28.7 Å². The largest absolute Gasteiger partial charge is 0.383 e. The van der Waals surface area contributed by atoms with Gasteiger partial charge in [0.25, 0.3) is 0 Å². The molecule has 0 heterocycles. The first-order valence-corrected chi connectivity index (χ1v) is 5.94. The van der Waals surface area contributed by atoms with Crippen LogP contribution in [-0.2, 0) is 0 Å². The normalized spacial score (nSPS) is 17.6. The first-order chi connectivity index (χ1) is 7.24. The summed E-state index contributed by atoms with van der Waals surface area (Å²) in [4.78, 5) is 0. The minimum absolute atomic E-state index is 0.104. The average Bonchev–Trinajstić information content (AvgIpc) is 2.20. The Morgan fingerprint density at radius 2 is 2.00 bits per heavy atom. The fourth-order valence-corrected chi connectivity index (χ4v) is 2.03. The smallest absolute Gasteiger partial charge is 0.0746 e. The lowest BCUT2D eigenvalue weighted by Crippen LogP contribution is -2.34. The zero-order valence-corrected chi connectivity index (χ0v) is 10.0. The van der Waals surface area contributed by atoms with E-state index in [2.05, 4.69) is 27.3 Å². The van der Waals surface area contributed by atoms with E-state index in [1.165, 1.54) is 6.42 Å². The monoisotopic (exact) mass is 264 g/mol. The third-order valence-electron chi connectivity index (χ3n) is 3.02. The lowest BCUT2D eigenvalue weighted by Gasteiger charge is -2.35. The minimum Gasteiger partial charge on any atom is -0.383 e. The van der Waals surface area contributed by atoms with Crippen molar-refractivity contribution < 1.29 is 0 Å². The van der Waals surface area contributed by atoms with Gasteiger partial charge in [-0.1, -0.05) is 22.4 Å². The molecule has 1 aromatic carbocycles. The van der Waals surface area contributed by atoms with Crippen LogP contribution in [0.2, 0.25) is 0 Å². The summed E-state index contributed by atoms with van der Waals surface area (Å²) in [5.41, 5.74) is 0.979. The number of nitrogens with zero attached hydrogens (tertiary/aromatic N) is 1. The van der Waals surface area contributed by atoms with E-state index in [-0.39, 0.29) is 5.41 Å². The van der Waals surface area contributed by atoms with Gasteiger partial charge >= 0.3 is 0 Å². The first-order valence-electron chi connectivity index (χ1n) is 5.15. The van der Waals surface area contributed by atoms with Crippen molar-refractivity contribution in [1.29, 1.82) is 5.26 Å². The maximum atomic E-state index is 9.06. The topological polar surface area (TPSA) is 35.8 Å². The van der Waals surface area contributed by atoms with Crippen molar-refractivity contribution in [2.45, 2.75) is 19.3 Å². The standard InChI is InChI=1S/C12H13BrN2/c13-10-2-4-11(5-3-10)15-9-12(8-14)6-1-7-12/h2-5,15H,1,6-7,9H2. The van der Waals surface area contributed by atoms with Gasteiger partial charge in [0.2, 0.25) is 0 Å². The Bertz CT molecular complexity index is 374. The summed E-state index contributed by atoms with van der Waals surface area (Å²) in [6, 6.07) is 10.5. The Balaban J connectivity index is 1.93. The molecule has 3 heteroatoms. The van der Waals surface area contributed by atoms with E-state index in [1.807, 2.05) is 24.3 Å². The van der Waals surface area contributed by atoms with Crippen molar-refractivity contribution in [3.63, 3.8) is 0 Å². The second-order valence-corrected chi connectivity index (χ2v) is 5.02. The van der Waals surface area contributed by atoms with Crippen LogP contribution in [-0.4, -0.2) is 6.54 Å². The Kier molecular flexibility index (Phi) is 2.97. The molecule has 2 nitrogen and oxygen atoms in total. The maximum Gasteiger partial charge on any atom is 0.0746 e. The summed E-state index contributed by atoms with van der Waals surface area (Å²) >= 11 is 3.39. The van der Waals surface area contributed by atoms with E-state index in [9.17, 15) is 0 Å². The molecular formula is C12H13BrN2. The fourth-order valence-electron chi connectivity index (χ4n) is 1.77. The third kappa shape index (κ3) is 2.32. The number of benzene rings is 1. The highest BCUT2D eigenvalue weighted by Gasteiger charge is 2.36. The summed E-state index contributed by atoms with van der Waals surface area (Å²) in [5.74, 6) is 0. The second kappa shape index (κ2) is 4.24. The molecule has 1 saturated carbocycles. The van der Waals surface area contributed by atoms with Crippen LogP contribution in [0, 0.1) is 16.7 Å². The summed E-state index contributed by atoms with van der Waals surface area (Å²) in [5, 5.41) is 12.4. The van der Waals surface area contributed by atoms with Crippen molar-refractivity contribution in [2.24, 2.45) is 5.41 Å². The third-order valence-corrected chi connectivity index (χ3v) is 3.55. The number of hydrogen-bond acceptors (Lipinski definition) is 2. The summed E-state index contributed by atoms with van der Waals surface area (Å²) in [6.45, 7) is 0.769. The Morgan fingerprint density at radius 1 is 1.33 bits per heavy atom. The van der Waals surface area contributed by atoms with Crippen LogP contribution in [0.25, 0.3) is 0 Å². The zero-order chi connectivity index (χ0) is 10.7. The van der Waals surface area contributed by atoms with E-state index in [0.29, 0.717) is 0 Å². The lowest BCUT2D eigenvalue weighted by molar-refractivity contribution is 0.233. The summed E-state index contributed by atoms with van der Waals surface area (Å²) in [7, 11) is 0. The van der Waals surface area contributed by atoms with Gasteiger partial charge in [0, 0.05) is 16.7 Å². The predicted molar refractivity (Wildman–Crippen MR) is 64.5 cm³/mol. The molecule has 0 aromatic heterocycles. The van der Waals surface area contributed by atoms with Crippen LogP contribution in [0.15, 0.2) is 28.7 Å². The van der Waals surface area contributed by atoms with Gasteiger partial charge in [-0.05, 0) is 37.1 Å². The summed E-state index contributed by atoms with van der Waals surface area (Å²) < 4.78 is 1.08. The van der Waals surface area contributed by atoms with Gasteiger partial charge in [-0.15, -0.1) is 0 Å². The lowest BCUT2D eigenvalue weighted by atomic mass is 9.70. The minimum atomic E-state index is -0.104. The number of anilines is 1. The van der Waals surface area contributed by atoms with Gasteiger partial charge in [0.05, 0.1) is 11.5 Å². The molecule has 0 atom stereocenters. The highest BCUT2D eigenvalue weighted by atomic mass is 79.9. The van der Waals surface area contributed by atoms with Gasteiger partial charge in [0.15, 0.2) is 0 Å². The number of halogens is 1. The molecule has 0 aliphatic heterocycles. The molecule has 1 aliphatic rings. The van der Waals surface area contributed by atoms with E-state index in [1.54, 1.807) is 0 Å². The maximum absolute atomic E-state index is 9.06. The van der Waals surface area contributed by atoms with E-state index < -0.39 is 0 Å². The number of rotatable bonds is 3. The van der Waals surface area contributed by atoms with Crippen LogP contribution in [0.1, 0.15) is 19.3 Å². The van der Waals surface area contributed by atoms with E-state index in [4.69, 9.17) is 5.26 Å². The van der Waals surface area contributed by atoms with Crippen molar-refractivity contribution >= 4 is 21.6 Å². The van der Waals surface area contributed by atoms with Crippen molar-refractivity contribution in [3.8, 4) is 6.07 Å². The molecule has 0 unspecified atom stereocenters. The fraction of sp³-hybridized carbons (Fsp3) is 0.417. The highest BCUT2D eigenvalue weighted by Crippen LogP contribution is 2.40. The molecule has 1 N–H and O–H groups in total. The molecular weight excluding hydrogens is 252 g/mol. The second-order valence-electron chi connectivity index (χ2n) is 4.11. The zero-order valence-electron chi connectivity index (χ0n) is 8.46. The molecule has 0 saturated heterocycles. The molecule has 0 bridgehead atoms. The number of nitriles is 1. The van der Waals surface area contributed by atoms with Crippen molar-refractivity contribution in [2.75, 3.05) is 11.9 Å². The molecule has 1 aromatic rings. The van der Waals surface area contributed by atoms with E-state index in [0.717, 1.165) is 29.5 Å². The van der Waals surface area contributed by atoms with Gasteiger partial charge < -0.3 is 5.32 Å². The quantitative estimate of drug-likeness (QED) is 0.907. The summed E-state index contributed by atoms with van der Waals surface area (Å²) in [6.07, 6.45) is 3.26. The van der Waals surface area contributed by atoms with Gasteiger partial charge in [-0.2, -0.15) is 5.26 Å². The molecule has 1 aliphatic carbocycles. The van der Waals surface area contributed by atoms with Crippen LogP contribution < -0.4 is 5.32 Å². The molecule has 0 spiro atoms. The Morgan fingerprint density at radius 3 is 2.47 bits per heavy atom. The van der Waals surface area contributed by atoms with Crippen LogP contribution in [0.3, 0.4) is 0 Å². The molecule has 0 amide bonds. The molecule has 78 valence electrons.